The second kappa shape index (κ2) is 4.73. The summed E-state index contributed by atoms with van der Waals surface area (Å²) in [5.74, 6) is 0.00463. The van der Waals surface area contributed by atoms with Crippen LogP contribution in [-0.2, 0) is 0 Å². The fourth-order valence-corrected chi connectivity index (χ4v) is 2.15. The second-order valence-electron chi connectivity index (χ2n) is 4.83. The van der Waals surface area contributed by atoms with Gasteiger partial charge in [-0.25, -0.2) is 0 Å². The maximum atomic E-state index is 12.4. The Hall–Kier alpha value is -1.96. The van der Waals surface area contributed by atoms with E-state index in [1.54, 1.807) is 6.20 Å². The Kier molecular flexibility index (Phi) is 3.28. The molecule has 92 valence electrons. The summed E-state index contributed by atoms with van der Waals surface area (Å²) in [6, 6.07) is 7.86. The normalized spacial score (nSPS) is 10.4. The number of benzene rings is 1. The van der Waals surface area contributed by atoms with Crippen molar-refractivity contribution in [1.29, 1.82) is 0 Å². The van der Waals surface area contributed by atoms with E-state index in [-0.39, 0.29) is 5.78 Å². The van der Waals surface area contributed by atoms with Crippen LogP contribution in [0.25, 0.3) is 0 Å². The first-order valence-electron chi connectivity index (χ1n) is 6.04. The number of aryl methyl sites for hydroxylation is 4. The van der Waals surface area contributed by atoms with E-state index in [1.807, 2.05) is 52.0 Å². The monoisotopic (exact) mass is 239 g/mol. The lowest BCUT2D eigenvalue weighted by Gasteiger charge is -2.08. The highest BCUT2D eigenvalue weighted by Crippen LogP contribution is 2.17. The molecule has 0 bridgehead atoms. The van der Waals surface area contributed by atoms with Crippen molar-refractivity contribution in [3.63, 3.8) is 0 Å². The smallest absolute Gasteiger partial charge is 0.211 e. The van der Waals surface area contributed by atoms with Gasteiger partial charge in [0.1, 0.15) is 5.69 Å². The summed E-state index contributed by atoms with van der Waals surface area (Å²) in [5.41, 5.74) is 5.46. The number of pyridine rings is 1. The molecule has 0 aliphatic rings. The highest BCUT2D eigenvalue weighted by atomic mass is 16.1. The summed E-state index contributed by atoms with van der Waals surface area (Å²) in [5, 5.41) is 0. The maximum Gasteiger partial charge on any atom is 0.211 e. The van der Waals surface area contributed by atoms with Crippen molar-refractivity contribution in [3.05, 3.63) is 64.0 Å². The average Bonchev–Trinajstić information content (AvgIpc) is 2.28. The fourth-order valence-electron chi connectivity index (χ4n) is 2.15. The van der Waals surface area contributed by atoms with Crippen LogP contribution in [0, 0.1) is 27.7 Å². The molecule has 0 unspecified atom stereocenters. The molecule has 0 aliphatic heterocycles. The van der Waals surface area contributed by atoms with Gasteiger partial charge in [0.15, 0.2) is 0 Å². The molecule has 1 aromatic heterocycles. The van der Waals surface area contributed by atoms with Crippen LogP contribution in [0.4, 0.5) is 0 Å². The molecule has 0 N–H and O–H groups in total. The molecular formula is C16H17NO. The molecule has 0 aliphatic carbocycles. The van der Waals surface area contributed by atoms with Gasteiger partial charge in [0.25, 0.3) is 0 Å². The van der Waals surface area contributed by atoms with Crippen LogP contribution in [0.3, 0.4) is 0 Å². The zero-order valence-electron chi connectivity index (χ0n) is 11.2. The fraction of sp³-hybridized carbons (Fsp3) is 0.250. The molecule has 2 nitrogen and oxygen atoms in total. The topological polar surface area (TPSA) is 30.0 Å². The lowest BCUT2D eigenvalue weighted by Crippen LogP contribution is -2.08. The van der Waals surface area contributed by atoms with Gasteiger partial charge in [-0.2, -0.15) is 0 Å². The SMILES string of the molecule is Cc1ccc(C(=O)c2ncc(C)cc2C)c(C)c1. The van der Waals surface area contributed by atoms with Gasteiger partial charge in [0.2, 0.25) is 5.78 Å². The summed E-state index contributed by atoms with van der Waals surface area (Å²) >= 11 is 0. The molecule has 2 rings (SSSR count). The summed E-state index contributed by atoms with van der Waals surface area (Å²) in [7, 11) is 0. The van der Waals surface area contributed by atoms with E-state index < -0.39 is 0 Å². The van der Waals surface area contributed by atoms with Crippen molar-refractivity contribution in [2.24, 2.45) is 0 Å². The standard InChI is InChI=1S/C16H17NO/c1-10-5-6-14(12(3)7-10)16(18)15-13(4)8-11(2)9-17-15/h5-9H,1-4H3. The molecule has 18 heavy (non-hydrogen) atoms. The molecule has 0 spiro atoms. The van der Waals surface area contributed by atoms with Gasteiger partial charge in [-0.1, -0.05) is 29.8 Å². The predicted molar refractivity (Wildman–Crippen MR) is 73.1 cm³/mol. The maximum absolute atomic E-state index is 12.4. The minimum atomic E-state index is 0.00463. The van der Waals surface area contributed by atoms with Crippen molar-refractivity contribution in [3.8, 4) is 0 Å². The average molecular weight is 239 g/mol. The van der Waals surface area contributed by atoms with Crippen molar-refractivity contribution in [1.82, 2.24) is 4.98 Å². The summed E-state index contributed by atoms with van der Waals surface area (Å²) in [6.45, 7) is 7.89. The number of hydrogen-bond acceptors (Lipinski definition) is 2. The van der Waals surface area contributed by atoms with Gasteiger partial charge in [0, 0.05) is 11.8 Å². The predicted octanol–water partition coefficient (Wildman–Crippen LogP) is 3.55. The number of hydrogen-bond donors (Lipinski definition) is 0. The van der Waals surface area contributed by atoms with Crippen molar-refractivity contribution in [2.45, 2.75) is 27.7 Å². The molecule has 0 radical (unpaired) electrons. The minimum Gasteiger partial charge on any atom is -0.287 e. The van der Waals surface area contributed by atoms with Gasteiger partial charge in [-0.15, -0.1) is 0 Å². The Balaban J connectivity index is 2.48. The van der Waals surface area contributed by atoms with Crippen LogP contribution in [0.15, 0.2) is 30.5 Å². The van der Waals surface area contributed by atoms with E-state index in [2.05, 4.69) is 4.98 Å². The molecule has 1 heterocycles. The van der Waals surface area contributed by atoms with Crippen LogP contribution < -0.4 is 0 Å². The lowest BCUT2D eigenvalue weighted by atomic mass is 9.98. The van der Waals surface area contributed by atoms with E-state index in [0.29, 0.717) is 5.69 Å². The van der Waals surface area contributed by atoms with Crippen LogP contribution in [0.1, 0.15) is 38.3 Å². The summed E-state index contributed by atoms with van der Waals surface area (Å²) < 4.78 is 0. The third-order valence-electron chi connectivity index (χ3n) is 3.06. The Morgan fingerprint density at radius 2 is 1.61 bits per heavy atom. The molecule has 0 amide bonds. The zero-order valence-corrected chi connectivity index (χ0v) is 11.2. The Morgan fingerprint density at radius 1 is 0.944 bits per heavy atom. The summed E-state index contributed by atoms with van der Waals surface area (Å²) in [6.07, 6.45) is 1.74. The highest BCUT2D eigenvalue weighted by molar-refractivity contribution is 6.09. The third kappa shape index (κ3) is 2.33. The minimum absolute atomic E-state index is 0.00463. The van der Waals surface area contributed by atoms with Crippen LogP contribution >= 0.6 is 0 Å². The highest BCUT2D eigenvalue weighted by Gasteiger charge is 2.15. The van der Waals surface area contributed by atoms with Crippen molar-refractivity contribution in [2.75, 3.05) is 0 Å². The number of nitrogens with zero attached hydrogens (tertiary/aromatic N) is 1. The molecule has 0 saturated carbocycles. The van der Waals surface area contributed by atoms with E-state index in [0.717, 1.165) is 27.8 Å². The molecular weight excluding hydrogens is 222 g/mol. The molecule has 0 fully saturated rings. The van der Waals surface area contributed by atoms with E-state index in [4.69, 9.17) is 0 Å². The quantitative estimate of drug-likeness (QED) is 0.750. The van der Waals surface area contributed by atoms with Gasteiger partial charge in [-0.05, 0) is 44.4 Å². The van der Waals surface area contributed by atoms with Crippen LogP contribution in [0.5, 0.6) is 0 Å². The third-order valence-corrected chi connectivity index (χ3v) is 3.06. The first-order valence-corrected chi connectivity index (χ1v) is 6.04. The van der Waals surface area contributed by atoms with E-state index >= 15 is 0 Å². The second-order valence-corrected chi connectivity index (χ2v) is 4.83. The Morgan fingerprint density at radius 3 is 2.22 bits per heavy atom. The number of carbonyl (C=O) groups excluding carboxylic acids is 1. The van der Waals surface area contributed by atoms with Crippen LogP contribution in [-0.4, -0.2) is 10.8 Å². The molecule has 0 saturated heterocycles. The van der Waals surface area contributed by atoms with Gasteiger partial charge in [-0.3, -0.25) is 9.78 Å². The van der Waals surface area contributed by atoms with Gasteiger partial charge >= 0.3 is 0 Å². The largest absolute Gasteiger partial charge is 0.287 e. The Labute approximate surface area is 108 Å². The van der Waals surface area contributed by atoms with Crippen LogP contribution in [0.2, 0.25) is 0 Å². The lowest BCUT2D eigenvalue weighted by molar-refractivity contribution is 0.103. The number of ketones is 1. The van der Waals surface area contributed by atoms with E-state index in [9.17, 15) is 4.79 Å². The molecule has 2 heteroatoms. The Bertz CT molecular complexity index is 561. The van der Waals surface area contributed by atoms with Crippen molar-refractivity contribution >= 4 is 5.78 Å². The number of aromatic nitrogens is 1. The van der Waals surface area contributed by atoms with Crippen molar-refractivity contribution < 1.29 is 4.79 Å². The van der Waals surface area contributed by atoms with Gasteiger partial charge in [0.05, 0.1) is 0 Å². The molecule has 0 atom stereocenters. The summed E-state index contributed by atoms with van der Waals surface area (Å²) in [4.78, 5) is 16.7. The number of carbonyl (C=O) groups is 1. The molecule has 2 aromatic rings. The van der Waals surface area contributed by atoms with Gasteiger partial charge < -0.3 is 0 Å². The number of rotatable bonds is 2. The van der Waals surface area contributed by atoms with E-state index in [1.165, 1.54) is 0 Å². The first kappa shape index (κ1) is 12.5. The first-order chi connectivity index (χ1) is 8.49. The zero-order chi connectivity index (χ0) is 13.3. The molecule has 1 aromatic carbocycles.